The molecular weight excluding hydrogens is 299 g/mol. The lowest BCUT2D eigenvalue weighted by Crippen LogP contribution is -1.98. The first kappa shape index (κ1) is 12.8. The van der Waals surface area contributed by atoms with Gasteiger partial charge in [0.15, 0.2) is 6.29 Å². The van der Waals surface area contributed by atoms with Crippen molar-refractivity contribution < 1.29 is 13.9 Å². The monoisotopic (exact) mass is 308 g/mol. The molecule has 0 bridgehead atoms. The van der Waals surface area contributed by atoms with Crippen LogP contribution in [-0.4, -0.2) is 6.29 Å². The van der Waals surface area contributed by atoms with Crippen molar-refractivity contribution in [3.63, 3.8) is 0 Å². The van der Waals surface area contributed by atoms with Crippen LogP contribution < -0.4 is 4.74 Å². The molecule has 0 saturated carbocycles. The Hall–Kier alpha value is -1.68. The van der Waals surface area contributed by atoms with E-state index >= 15 is 0 Å². The van der Waals surface area contributed by atoms with Crippen LogP contribution in [-0.2, 0) is 6.61 Å². The van der Waals surface area contributed by atoms with Gasteiger partial charge < -0.3 is 4.74 Å². The molecule has 0 aliphatic heterocycles. The number of benzene rings is 2. The highest BCUT2D eigenvalue weighted by atomic mass is 79.9. The van der Waals surface area contributed by atoms with E-state index in [4.69, 9.17) is 4.74 Å². The minimum absolute atomic E-state index is 0.222. The molecule has 0 aliphatic carbocycles. The second kappa shape index (κ2) is 5.78. The van der Waals surface area contributed by atoms with Gasteiger partial charge in [-0.25, -0.2) is 4.39 Å². The maximum atomic E-state index is 13.0. The Morgan fingerprint density at radius 2 is 2.06 bits per heavy atom. The van der Waals surface area contributed by atoms with Crippen molar-refractivity contribution in [2.45, 2.75) is 6.61 Å². The lowest BCUT2D eigenvalue weighted by Gasteiger charge is -2.08. The van der Waals surface area contributed by atoms with Gasteiger partial charge in [0.05, 0.1) is 5.56 Å². The van der Waals surface area contributed by atoms with Crippen molar-refractivity contribution >= 4 is 22.2 Å². The molecule has 4 heteroatoms. The Morgan fingerprint density at radius 1 is 1.22 bits per heavy atom. The van der Waals surface area contributed by atoms with Crippen LogP contribution >= 0.6 is 15.9 Å². The van der Waals surface area contributed by atoms with Crippen molar-refractivity contribution in [1.29, 1.82) is 0 Å². The van der Waals surface area contributed by atoms with Crippen LogP contribution in [0.1, 0.15) is 15.9 Å². The van der Waals surface area contributed by atoms with E-state index < -0.39 is 0 Å². The molecule has 92 valence electrons. The molecule has 0 aliphatic rings. The summed E-state index contributed by atoms with van der Waals surface area (Å²) in [6.07, 6.45) is 0.728. The minimum atomic E-state index is -0.303. The van der Waals surface area contributed by atoms with E-state index in [1.165, 1.54) is 12.1 Å². The number of aldehydes is 1. The van der Waals surface area contributed by atoms with Gasteiger partial charge in [-0.3, -0.25) is 4.79 Å². The van der Waals surface area contributed by atoms with Gasteiger partial charge in [-0.2, -0.15) is 0 Å². The zero-order valence-electron chi connectivity index (χ0n) is 9.40. The molecule has 0 amide bonds. The topological polar surface area (TPSA) is 26.3 Å². The first-order valence-electron chi connectivity index (χ1n) is 5.31. The van der Waals surface area contributed by atoms with Gasteiger partial charge in [0.25, 0.3) is 0 Å². The van der Waals surface area contributed by atoms with E-state index in [0.29, 0.717) is 11.3 Å². The Labute approximate surface area is 113 Å². The number of hydrogen-bond acceptors (Lipinski definition) is 2. The second-order valence-electron chi connectivity index (χ2n) is 3.72. The number of rotatable bonds is 4. The lowest BCUT2D eigenvalue weighted by molar-refractivity contribution is 0.111. The van der Waals surface area contributed by atoms with Crippen LogP contribution in [0.15, 0.2) is 46.9 Å². The molecule has 18 heavy (non-hydrogen) atoms. The fourth-order valence-electron chi connectivity index (χ4n) is 1.53. The molecule has 2 aromatic rings. The molecule has 0 fully saturated rings. The fraction of sp³-hybridized carbons (Fsp3) is 0.0714. The van der Waals surface area contributed by atoms with Crippen molar-refractivity contribution in [2.75, 3.05) is 0 Å². The van der Waals surface area contributed by atoms with E-state index in [0.717, 1.165) is 16.3 Å². The third-order valence-corrected chi connectivity index (χ3v) is 2.88. The van der Waals surface area contributed by atoms with Crippen LogP contribution in [0.2, 0.25) is 0 Å². The van der Waals surface area contributed by atoms with Gasteiger partial charge >= 0.3 is 0 Å². The van der Waals surface area contributed by atoms with E-state index in [2.05, 4.69) is 15.9 Å². The van der Waals surface area contributed by atoms with Crippen molar-refractivity contribution in [1.82, 2.24) is 0 Å². The summed E-state index contributed by atoms with van der Waals surface area (Å²) in [5, 5.41) is 0. The van der Waals surface area contributed by atoms with E-state index in [1.807, 2.05) is 0 Å². The molecule has 2 nitrogen and oxygen atoms in total. The summed E-state index contributed by atoms with van der Waals surface area (Å²) in [6.45, 7) is 0.222. The second-order valence-corrected chi connectivity index (χ2v) is 4.63. The van der Waals surface area contributed by atoms with Gasteiger partial charge in [-0.15, -0.1) is 0 Å². The number of ether oxygens (including phenoxy) is 1. The first-order chi connectivity index (χ1) is 8.69. The number of carbonyl (C=O) groups excluding carboxylic acids is 1. The van der Waals surface area contributed by atoms with Gasteiger partial charge in [-0.1, -0.05) is 28.1 Å². The van der Waals surface area contributed by atoms with Crippen LogP contribution in [0.25, 0.3) is 0 Å². The van der Waals surface area contributed by atoms with Gasteiger partial charge in [0, 0.05) is 4.47 Å². The Bertz CT molecular complexity index is 569. The summed E-state index contributed by atoms with van der Waals surface area (Å²) < 4.78 is 19.3. The standard InChI is InChI=1S/C14H10BrFO2/c15-12-4-5-14(11(7-12)8-17)18-9-10-2-1-3-13(16)6-10/h1-8H,9H2. The smallest absolute Gasteiger partial charge is 0.153 e. The zero-order chi connectivity index (χ0) is 13.0. The molecule has 0 saturated heterocycles. The summed E-state index contributed by atoms with van der Waals surface area (Å²) in [7, 11) is 0. The third kappa shape index (κ3) is 3.17. The molecule has 0 spiro atoms. The van der Waals surface area contributed by atoms with E-state index in [1.54, 1.807) is 30.3 Å². The van der Waals surface area contributed by atoms with E-state index in [9.17, 15) is 9.18 Å². The zero-order valence-corrected chi connectivity index (χ0v) is 11.0. The molecule has 0 N–H and O–H groups in total. The average molecular weight is 309 g/mol. The Balaban J connectivity index is 2.13. The Kier molecular flexibility index (Phi) is 4.10. The summed E-state index contributed by atoms with van der Waals surface area (Å²) in [6, 6.07) is 11.3. The highest BCUT2D eigenvalue weighted by Gasteiger charge is 2.04. The molecule has 2 rings (SSSR count). The number of halogens is 2. The summed E-state index contributed by atoms with van der Waals surface area (Å²) >= 11 is 3.28. The van der Waals surface area contributed by atoms with Gasteiger partial charge in [0.2, 0.25) is 0 Å². The van der Waals surface area contributed by atoms with Crippen LogP contribution in [0.4, 0.5) is 4.39 Å². The summed E-state index contributed by atoms with van der Waals surface area (Å²) in [4.78, 5) is 10.9. The maximum Gasteiger partial charge on any atom is 0.153 e. The number of hydrogen-bond donors (Lipinski definition) is 0. The molecule has 0 radical (unpaired) electrons. The van der Waals surface area contributed by atoms with Crippen molar-refractivity contribution in [3.05, 3.63) is 63.9 Å². The maximum absolute atomic E-state index is 13.0. The Morgan fingerprint density at radius 3 is 2.78 bits per heavy atom. The molecule has 0 unspecified atom stereocenters. The minimum Gasteiger partial charge on any atom is -0.488 e. The van der Waals surface area contributed by atoms with E-state index in [-0.39, 0.29) is 12.4 Å². The first-order valence-corrected chi connectivity index (χ1v) is 6.10. The third-order valence-electron chi connectivity index (χ3n) is 2.38. The van der Waals surface area contributed by atoms with Gasteiger partial charge in [-0.05, 0) is 35.9 Å². The highest BCUT2D eigenvalue weighted by Crippen LogP contribution is 2.22. The summed E-state index contributed by atoms with van der Waals surface area (Å²) in [5.41, 5.74) is 1.18. The molecular formula is C14H10BrFO2. The SMILES string of the molecule is O=Cc1cc(Br)ccc1OCc1cccc(F)c1. The summed E-state index contributed by atoms with van der Waals surface area (Å²) in [5.74, 6) is 0.181. The normalized spacial score (nSPS) is 10.1. The fourth-order valence-corrected chi connectivity index (χ4v) is 1.91. The van der Waals surface area contributed by atoms with Crippen molar-refractivity contribution in [2.24, 2.45) is 0 Å². The van der Waals surface area contributed by atoms with Gasteiger partial charge in [0.1, 0.15) is 18.2 Å². The highest BCUT2D eigenvalue weighted by molar-refractivity contribution is 9.10. The quantitative estimate of drug-likeness (QED) is 0.799. The average Bonchev–Trinajstić information content (AvgIpc) is 2.37. The molecule has 2 aromatic carbocycles. The largest absolute Gasteiger partial charge is 0.488 e. The molecule has 0 heterocycles. The number of carbonyl (C=O) groups is 1. The lowest BCUT2D eigenvalue weighted by atomic mass is 10.2. The van der Waals surface area contributed by atoms with Crippen LogP contribution in [0.3, 0.4) is 0 Å². The van der Waals surface area contributed by atoms with Crippen LogP contribution in [0, 0.1) is 5.82 Å². The molecule has 0 atom stereocenters. The van der Waals surface area contributed by atoms with Crippen LogP contribution in [0.5, 0.6) is 5.75 Å². The molecule has 0 aromatic heterocycles. The predicted octanol–water partition coefficient (Wildman–Crippen LogP) is 3.98. The van der Waals surface area contributed by atoms with Crippen molar-refractivity contribution in [3.8, 4) is 5.75 Å². The predicted molar refractivity (Wildman–Crippen MR) is 70.3 cm³/mol.